The van der Waals surface area contributed by atoms with Gasteiger partial charge < -0.3 is 5.32 Å². The molecule has 1 aliphatic carbocycles. The van der Waals surface area contributed by atoms with E-state index in [0.29, 0.717) is 12.0 Å². The normalized spacial score (nSPS) is 21.4. The van der Waals surface area contributed by atoms with Crippen LogP contribution in [0.5, 0.6) is 0 Å². The molecule has 0 atom stereocenters. The van der Waals surface area contributed by atoms with Gasteiger partial charge in [0.2, 0.25) is 0 Å². The molecule has 0 bridgehead atoms. The molecule has 2 heterocycles. The van der Waals surface area contributed by atoms with E-state index in [2.05, 4.69) is 10.4 Å². The first-order valence-electron chi connectivity index (χ1n) is 6.10. The van der Waals surface area contributed by atoms with Crippen LogP contribution in [0, 0.1) is 0 Å². The Bertz CT molecular complexity index is 451. The number of nitrogens with one attached hydrogen (secondary N) is 1. The van der Waals surface area contributed by atoms with Gasteiger partial charge in [0.1, 0.15) is 5.82 Å². The van der Waals surface area contributed by atoms with Crippen molar-refractivity contribution in [3.8, 4) is 0 Å². The monoisotopic (exact) mass is 222 g/mol. The lowest BCUT2D eigenvalue weighted by Gasteiger charge is -2.28. The first kappa shape index (κ1) is 10.1. The molecule has 2 fully saturated rings. The first-order chi connectivity index (χ1) is 7.68. The average molecular weight is 222 g/mol. The van der Waals surface area contributed by atoms with Crippen LogP contribution in [-0.4, -0.2) is 27.4 Å². The summed E-state index contributed by atoms with van der Waals surface area (Å²) in [5.41, 5.74) is 0.0726. The van der Waals surface area contributed by atoms with E-state index >= 15 is 0 Å². The summed E-state index contributed by atoms with van der Waals surface area (Å²) in [4.78, 5) is 12.2. The second kappa shape index (κ2) is 3.45. The fourth-order valence-corrected chi connectivity index (χ4v) is 2.17. The van der Waals surface area contributed by atoms with Crippen molar-refractivity contribution in [2.75, 3.05) is 13.1 Å². The molecule has 16 heavy (non-hydrogen) atoms. The fourth-order valence-electron chi connectivity index (χ4n) is 2.17. The van der Waals surface area contributed by atoms with E-state index in [1.165, 1.54) is 12.8 Å². The van der Waals surface area contributed by atoms with Crippen molar-refractivity contribution in [2.45, 2.75) is 44.7 Å². The maximum atomic E-state index is 12.2. The molecule has 0 spiro atoms. The van der Waals surface area contributed by atoms with Crippen LogP contribution in [0.3, 0.4) is 0 Å². The van der Waals surface area contributed by atoms with Gasteiger partial charge in [-0.05, 0) is 26.7 Å². The van der Waals surface area contributed by atoms with Gasteiger partial charge in [-0.25, -0.2) is 9.48 Å². The van der Waals surface area contributed by atoms with E-state index in [0.717, 1.165) is 18.9 Å². The van der Waals surface area contributed by atoms with Gasteiger partial charge in [0.25, 0.3) is 0 Å². The third-order valence-electron chi connectivity index (χ3n) is 3.42. The minimum atomic E-state index is 0.0726. The van der Waals surface area contributed by atoms with Gasteiger partial charge in [0, 0.05) is 19.0 Å². The van der Waals surface area contributed by atoms with Gasteiger partial charge in [-0.1, -0.05) is 0 Å². The quantitative estimate of drug-likeness (QED) is 0.817. The molecular formula is C11H18N4O. The number of hydrogen-bond donors (Lipinski definition) is 1. The highest BCUT2D eigenvalue weighted by molar-refractivity contribution is 5.08. The molecule has 0 radical (unpaired) electrons. The van der Waals surface area contributed by atoms with Crippen molar-refractivity contribution < 1.29 is 0 Å². The molecule has 1 saturated carbocycles. The molecule has 5 heteroatoms. The standard InChI is InChI=1S/C11H18N4O/c1-7(2)15-11(16)14(9-5-12-6-9)10(13-15)8-3-4-8/h7-9,12H,3-6H2,1-2H3. The van der Waals surface area contributed by atoms with Crippen LogP contribution in [0.15, 0.2) is 4.79 Å². The summed E-state index contributed by atoms with van der Waals surface area (Å²) in [6.07, 6.45) is 2.38. The van der Waals surface area contributed by atoms with E-state index in [1.807, 2.05) is 18.4 Å². The molecule has 0 amide bonds. The van der Waals surface area contributed by atoms with Crippen molar-refractivity contribution in [3.63, 3.8) is 0 Å². The number of hydrogen-bond acceptors (Lipinski definition) is 3. The van der Waals surface area contributed by atoms with Crippen molar-refractivity contribution >= 4 is 0 Å². The molecule has 1 saturated heterocycles. The SMILES string of the molecule is CC(C)n1nc(C2CC2)n(C2CNC2)c1=O. The Hall–Kier alpha value is -1.10. The number of aromatic nitrogens is 3. The summed E-state index contributed by atoms with van der Waals surface area (Å²) >= 11 is 0. The lowest BCUT2D eigenvalue weighted by molar-refractivity contribution is 0.325. The Balaban J connectivity index is 2.07. The molecule has 88 valence electrons. The average Bonchev–Trinajstić information content (AvgIpc) is 2.92. The van der Waals surface area contributed by atoms with E-state index in [9.17, 15) is 4.79 Å². The Morgan fingerprint density at radius 3 is 2.50 bits per heavy atom. The molecule has 5 nitrogen and oxygen atoms in total. The van der Waals surface area contributed by atoms with Crippen molar-refractivity contribution in [1.29, 1.82) is 0 Å². The molecule has 0 aromatic carbocycles. The van der Waals surface area contributed by atoms with Crippen LogP contribution in [0.25, 0.3) is 0 Å². The molecule has 1 aromatic rings. The molecule has 0 unspecified atom stereocenters. The highest BCUT2D eigenvalue weighted by atomic mass is 16.2. The summed E-state index contributed by atoms with van der Waals surface area (Å²) in [5, 5.41) is 7.73. The molecule has 3 rings (SSSR count). The first-order valence-corrected chi connectivity index (χ1v) is 6.10. The smallest absolute Gasteiger partial charge is 0.313 e. The van der Waals surface area contributed by atoms with Gasteiger partial charge >= 0.3 is 5.69 Å². The molecule has 1 aliphatic heterocycles. The van der Waals surface area contributed by atoms with Crippen molar-refractivity contribution in [1.82, 2.24) is 19.7 Å². The zero-order valence-electron chi connectivity index (χ0n) is 9.81. The molecule has 2 aliphatic rings. The largest absolute Gasteiger partial charge is 0.346 e. The van der Waals surface area contributed by atoms with Gasteiger partial charge in [-0.3, -0.25) is 4.57 Å². The van der Waals surface area contributed by atoms with Gasteiger partial charge in [-0.15, -0.1) is 0 Å². The molecule has 1 aromatic heterocycles. The van der Waals surface area contributed by atoms with E-state index < -0.39 is 0 Å². The number of rotatable bonds is 3. The van der Waals surface area contributed by atoms with Crippen molar-refractivity contribution in [3.05, 3.63) is 16.3 Å². The highest BCUT2D eigenvalue weighted by Crippen LogP contribution is 2.39. The zero-order valence-corrected chi connectivity index (χ0v) is 9.81. The zero-order chi connectivity index (χ0) is 11.3. The Morgan fingerprint density at radius 2 is 2.06 bits per heavy atom. The summed E-state index contributed by atoms with van der Waals surface area (Å²) in [7, 11) is 0. The van der Waals surface area contributed by atoms with Crippen LogP contribution in [0.1, 0.15) is 50.5 Å². The van der Waals surface area contributed by atoms with Crippen molar-refractivity contribution in [2.24, 2.45) is 0 Å². The third kappa shape index (κ3) is 1.42. The lowest BCUT2D eigenvalue weighted by Crippen LogP contribution is -2.47. The minimum Gasteiger partial charge on any atom is -0.313 e. The van der Waals surface area contributed by atoms with Gasteiger partial charge in [0.05, 0.1) is 12.1 Å². The topological polar surface area (TPSA) is 51.9 Å². The molecule has 1 N–H and O–H groups in total. The van der Waals surface area contributed by atoms with Crippen LogP contribution in [-0.2, 0) is 0 Å². The fraction of sp³-hybridized carbons (Fsp3) is 0.818. The van der Waals surface area contributed by atoms with E-state index in [-0.39, 0.29) is 11.7 Å². The number of nitrogens with zero attached hydrogens (tertiary/aromatic N) is 3. The van der Waals surface area contributed by atoms with Crippen LogP contribution in [0.4, 0.5) is 0 Å². The summed E-state index contributed by atoms with van der Waals surface area (Å²) in [5.74, 6) is 1.55. The van der Waals surface area contributed by atoms with E-state index in [4.69, 9.17) is 0 Å². The molecular weight excluding hydrogens is 204 g/mol. The lowest BCUT2D eigenvalue weighted by atomic mass is 10.1. The predicted molar refractivity (Wildman–Crippen MR) is 60.8 cm³/mol. The highest BCUT2D eigenvalue weighted by Gasteiger charge is 2.35. The van der Waals surface area contributed by atoms with E-state index in [1.54, 1.807) is 4.68 Å². The summed E-state index contributed by atoms with van der Waals surface area (Å²) in [6, 6.07) is 0.481. The second-order valence-corrected chi connectivity index (χ2v) is 5.14. The third-order valence-corrected chi connectivity index (χ3v) is 3.42. The van der Waals surface area contributed by atoms with Crippen LogP contribution >= 0.6 is 0 Å². The minimum absolute atomic E-state index is 0.0726. The summed E-state index contributed by atoms with van der Waals surface area (Å²) < 4.78 is 3.56. The summed E-state index contributed by atoms with van der Waals surface area (Å²) in [6.45, 7) is 5.83. The van der Waals surface area contributed by atoms with Gasteiger partial charge in [0.15, 0.2) is 0 Å². The Labute approximate surface area is 94.5 Å². The Kier molecular flexibility index (Phi) is 2.17. The van der Waals surface area contributed by atoms with Gasteiger partial charge in [-0.2, -0.15) is 5.10 Å². The maximum Gasteiger partial charge on any atom is 0.346 e. The Morgan fingerprint density at radius 1 is 1.38 bits per heavy atom. The second-order valence-electron chi connectivity index (χ2n) is 5.14. The van der Waals surface area contributed by atoms with Crippen LogP contribution < -0.4 is 11.0 Å². The predicted octanol–water partition coefficient (Wildman–Crippen LogP) is 0.647. The van der Waals surface area contributed by atoms with Crippen LogP contribution in [0.2, 0.25) is 0 Å². The maximum absolute atomic E-state index is 12.2.